The van der Waals surface area contributed by atoms with E-state index in [1.807, 2.05) is 13.0 Å². The van der Waals surface area contributed by atoms with E-state index in [9.17, 15) is 9.50 Å². The van der Waals surface area contributed by atoms with E-state index in [0.717, 1.165) is 5.56 Å². The molecule has 1 nitrogen and oxygen atoms in total. The summed E-state index contributed by atoms with van der Waals surface area (Å²) in [7, 11) is 0. The average molecular weight is 168 g/mol. The van der Waals surface area contributed by atoms with Crippen LogP contribution in [-0.4, -0.2) is 5.11 Å². The molecular formula is C10H13FO. The van der Waals surface area contributed by atoms with Gasteiger partial charge in [-0.3, -0.25) is 0 Å². The number of hydrogen-bond acceptors (Lipinski definition) is 1. The molecule has 0 saturated heterocycles. The predicted octanol–water partition coefficient (Wildman–Crippen LogP) is 2.50. The van der Waals surface area contributed by atoms with Crippen molar-refractivity contribution in [3.8, 4) is 0 Å². The molecule has 2 heteroatoms. The van der Waals surface area contributed by atoms with E-state index in [2.05, 4.69) is 0 Å². The van der Waals surface area contributed by atoms with Crippen LogP contribution in [0.4, 0.5) is 4.39 Å². The van der Waals surface area contributed by atoms with Crippen molar-refractivity contribution in [2.45, 2.75) is 26.9 Å². The Hall–Kier alpha value is -0.890. The molecule has 1 N–H and O–H groups in total. The minimum Gasteiger partial charge on any atom is -0.389 e. The largest absolute Gasteiger partial charge is 0.389 e. The van der Waals surface area contributed by atoms with Crippen molar-refractivity contribution in [1.82, 2.24) is 0 Å². The summed E-state index contributed by atoms with van der Waals surface area (Å²) >= 11 is 0. The SMILES string of the molecule is Cc1cc(F)c(C)c(C(C)O)c1. The summed E-state index contributed by atoms with van der Waals surface area (Å²) < 4.78 is 13.1. The first-order chi connectivity index (χ1) is 5.52. The van der Waals surface area contributed by atoms with Crippen LogP contribution < -0.4 is 0 Å². The minimum absolute atomic E-state index is 0.245. The molecule has 0 bridgehead atoms. The standard InChI is InChI=1S/C10H13FO/c1-6-4-9(8(3)12)7(2)10(11)5-6/h4-5,8,12H,1-3H3. The molecule has 66 valence electrons. The second-order valence-electron chi connectivity index (χ2n) is 3.14. The smallest absolute Gasteiger partial charge is 0.126 e. The first kappa shape index (κ1) is 9.20. The van der Waals surface area contributed by atoms with Crippen LogP contribution in [0.1, 0.15) is 29.7 Å². The van der Waals surface area contributed by atoms with E-state index in [4.69, 9.17) is 0 Å². The first-order valence-electron chi connectivity index (χ1n) is 3.97. The number of rotatable bonds is 1. The Bertz CT molecular complexity index is 292. The van der Waals surface area contributed by atoms with Crippen LogP contribution in [-0.2, 0) is 0 Å². The monoisotopic (exact) mass is 168 g/mol. The first-order valence-corrected chi connectivity index (χ1v) is 3.97. The van der Waals surface area contributed by atoms with Gasteiger partial charge in [0.05, 0.1) is 6.10 Å². The molecule has 0 aliphatic carbocycles. The Labute approximate surface area is 71.9 Å². The number of aliphatic hydroxyl groups excluding tert-OH is 1. The summed E-state index contributed by atoms with van der Waals surface area (Å²) in [5.74, 6) is -0.245. The van der Waals surface area contributed by atoms with E-state index in [0.29, 0.717) is 11.1 Å². The van der Waals surface area contributed by atoms with E-state index < -0.39 is 6.10 Å². The van der Waals surface area contributed by atoms with Crippen LogP contribution in [0, 0.1) is 19.7 Å². The summed E-state index contributed by atoms with van der Waals surface area (Å²) in [6, 6.07) is 3.28. The Morgan fingerprint density at radius 3 is 2.42 bits per heavy atom. The van der Waals surface area contributed by atoms with Crippen LogP contribution in [0.25, 0.3) is 0 Å². The number of aliphatic hydroxyl groups is 1. The van der Waals surface area contributed by atoms with Gasteiger partial charge < -0.3 is 5.11 Å². The highest BCUT2D eigenvalue weighted by molar-refractivity contribution is 5.33. The van der Waals surface area contributed by atoms with Gasteiger partial charge in [0.25, 0.3) is 0 Å². The van der Waals surface area contributed by atoms with Crippen LogP contribution in [0.15, 0.2) is 12.1 Å². The maximum absolute atomic E-state index is 13.1. The summed E-state index contributed by atoms with van der Waals surface area (Å²) in [6.07, 6.45) is -0.598. The third-order valence-corrected chi connectivity index (χ3v) is 1.98. The molecular weight excluding hydrogens is 155 g/mol. The third-order valence-electron chi connectivity index (χ3n) is 1.98. The minimum atomic E-state index is -0.598. The molecule has 12 heavy (non-hydrogen) atoms. The molecule has 0 aliphatic rings. The zero-order chi connectivity index (χ0) is 9.30. The van der Waals surface area contributed by atoms with Gasteiger partial charge in [-0.2, -0.15) is 0 Å². The van der Waals surface area contributed by atoms with E-state index >= 15 is 0 Å². The molecule has 0 amide bonds. The van der Waals surface area contributed by atoms with Gasteiger partial charge >= 0.3 is 0 Å². The highest BCUT2D eigenvalue weighted by Crippen LogP contribution is 2.21. The number of halogens is 1. The molecule has 0 aliphatic heterocycles. The Balaban J connectivity index is 3.28. The van der Waals surface area contributed by atoms with Crippen molar-refractivity contribution in [3.63, 3.8) is 0 Å². The van der Waals surface area contributed by atoms with Gasteiger partial charge in [-0.15, -0.1) is 0 Å². The average Bonchev–Trinajstić information content (AvgIpc) is 1.96. The molecule has 1 aromatic rings. The fraction of sp³-hybridized carbons (Fsp3) is 0.400. The third kappa shape index (κ3) is 1.64. The molecule has 0 fully saturated rings. The zero-order valence-corrected chi connectivity index (χ0v) is 7.56. The lowest BCUT2D eigenvalue weighted by Gasteiger charge is -2.10. The lowest BCUT2D eigenvalue weighted by Crippen LogP contribution is -1.98. The van der Waals surface area contributed by atoms with E-state index in [1.165, 1.54) is 6.07 Å². The van der Waals surface area contributed by atoms with Gasteiger partial charge in [-0.05, 0) is 43.5 Å². The second-order valence-corrected chi connectivity index (χ2v) is 3.14. The number of benzene rings is 1. The molecule has 0 radical (unpaired) electrons. The van der Waals surface area contributed by atoms with Gasteiger partial charge in [-0.25, -0.2) is 4.39 Å². The number of hydrogen-bond donors (Lipinski definition) is 1. The predicted molar refractivity (Wildman–Crippen MR) is 46.5 cm³/mol. The molecule has 1 atom stereocenters. The fourth-order valence-electron chi connectivity index (χ4n) is 1.28. The van der Waals surface area contributed by atoms with Gasteiger partial charge in [0.2, 0.25) is 0 Å². The maximum atomic E-state index is 13.1. The lowest BCUT2D eigenvalue weighted by molar-refractivity contribution is 0.198. The van der Waals surface area contributed by atoms with Crippen molar-refractivity contribution in [3.05, 3.63) is 34.6 Å². The Morgan fingerprint density at radius 1 is 1.33 bits per heavy atom. The molecule has 1 rings (SSSR count). The lowest BCUT2D eigenvalue weighted by atomic mass is 10.0. The van der Waals surface area contributed by atoms with Gasteiger partial charge in [0.1, 0.15) is 5.82 Å². The van der Waals surface area contributed by atoms with Crippen molar-refractivity contribution in [1.29, 1.82) is 0 Å². The van der Waals surface area contributed by atoms with Crippen LogP contribution in [0.5, 0.6) is 0 Å². The summed E-state index contributed by atoms with van der Waals surface area (Å²) in [5, 5.41) is 9.29. The fourth-order valence-corrected chi connectivity index (χ4v) is 1.28. The molecule has 0 heterocycles. The van der Waals surface area contributed by atoms with Crippen LogP contribution >= 0.6 is 0 Å². The summed E-state index contributed by atoms with van der Waals surface area (Å²) in [4.78, 5) is 0. The van der Waals surface area contributed by atoms with Crippen molar-refractivity contribution >= 4 is 0 Å². The van der Waals surface area contributed by atoms with E-state index in [1.54, 1.807) is 13.8 Å². The van der Waals surface area contributed by atoms with Crippen LogP contribution in [0.3, 0.4) is 0 Å². The van der Waals surface area contributed by atoms with Gasteiger partial charge in [-0.1, -0.05) is 6.07 Å². The second kappa shape index (κ2) is 3.23. The molecule has 0 spiro atoms. The van der Waals surface area contributed by atoms with E-state index in [-0.39, 0.29) is 5.82 Å². The topological polar surface area (TPSA) is 20.2 Å². The Morgan fingerprint density at radius 2 is 1.92 bits per heavy atom. The summed E-state index contributed by atoms with van der Waals surface area (Å²) in [5.41, 5.74) is 2.05. The highest BCUT2D eigenvalue weighted by atomic mass is 19.1. The van der Waals surface area contributed by atoms with Gasteiger partial charge in [0, 0.05) is 0 Å². The maximum Gasteiger partial charge on any atom is 0.126 e. The summed E-state index contributed by atoms with van der Waals surface area (Å²) in [6.45, 7) is 5.13. The quantitative estimate of drug-likeness (QED) is 0.683. The van der Waals surface area contributed by atoms with Crippen molar-refractivity contribution in [2.24, 2.45) is 0 Å². The normalized spacial score (nSPS) is 13.1. The highest BCUT2D eigenvalue weighted by Gasteiger charge is 2.08. The number of aryl methyl sites for hydroxylation is 1. The van der Waals surface area contributed by atoms with Gasteiger partial charge in [0.15, 0.2) is 0 Å². The van der Waals surface area contributed by atoms with Crippen LogP contribution in [0.2, 0.25) is 0 Å². The molecule has 1 unspecified atom stereocenters. The van der Waals surface area contributed by atoms with Crippen molar-refractivity contribution in [2.75, 3.05) is 0 Å². The zero-order valence-electron chi connectivity index (χ0n) is 7.56. The molecule has 0 saturated carbocycles. The molecule has 0 aromatic heterocycles. The molecule has 1 aromatic carbocycles. The van der Waals surface area contributed by atoms with Crippen molar-refractivity contribution < 1.29 is 9.50 Å². The Kier molecular flexibility index (Phi) is 2.48.